The minimum atomic E-state index is 0.763. The number of rotatable bonds is 3. The summed E-state index contributed by atoms with van der Waals surface area (Å²) in [6.45, 7) is 0. The monoisotopic (exact) mass is 308 g/mol. The predicted octanol–water partition coefficient (Wildman–Crippen LogP) is 3.36. The van der Waals surface area contributed by atoms with Gasteiger partial charge in [-0.05, 0) is 22.0 Å². The van der Waals surface area contributed by atoms with E-state index < -0.39 is 0 Å². The van der Waals surface area contributed by atoms with Gasteiger partial charge < -0.3 is 9.47 Å². The molecule has 1 rings (SSSR count). The first-order valence-corrected chi connectivity index (χ1v) is 5.61. The second kappa shape index (κ2) is 4.86. The minimum absolute atomic E-state index is 0.763. The maximum absolute atomic E-state index is 5.25. The van der Waals surface area contributed by atoms with Gasteiger partial charge in [-0.2, -0.15) is 0 Å². The Labute approximate surface area is 94.5 Å². The Hall–Kier alpha value is -0.220. The Balaban J connectivity index is 3.23. The van der Waals surface area contributed by atoms with Crippen LogP contribution < -0.4 is 9.47 Å². The molecule has 72 valence electrons. The molecule has 0 atom stereocenters. The van der Waals surface area contributed by atoms with E-state index in [-0.39, 0.29) is 0 Å². The highest BCUT2D eigenvalue weighted by molar-refractivity contribution is 9.10. The Kier molecular flexibility index (Phi) is 4.06. The molecular formula is C9H10Br2O2. The van der Waals surface area contributed by atoms with E-state index in [0.29, 0.717) is 0 Å². The number of hydrogen-bond acceptors (Lipinski definition) is 2. The number of alkyl halides is 1. The van der Waals surface area contributed by atoms with Crippen LogP contribution in [0.3, 0.4) is 0 Å². The molecule has 0 fully saturated rings. The summed E-state index contributed by atoms with van der Waals surface area (Å²) in [7, 11) is 3.28. The fourth-order valence-electron chi connectivity index (χ4n) is 1.06. The van der Waals surface area contributed by atoms with E-state index in [2.05, 4.69) is 31.9 Å². The molecule has 0 saturated carbocycles. The minimum Gasteiger partial charge on any atom is -0.495 e. The van der Waals surface area contributed by atoms with Crippen molar-refractivity contribution in [1.29, 1.82) is 0 Å². The summed E-state index contributed by atoms with van der Waals surface area (Å²) in [5.74, 6) is 1.60. The number of benzene rings is 1. The van der Waals surface area contributed by atoms with Gasteiger partial charge in [0.15, 0.2) is 0 Å². The van der Waals surface area contributed by atoms with Gasteiger partial charge in [-0.15, -0.1) is 0 Å². The van der Waals surface area contributed by atoms with Crippen LogP contribution in [0, 0.1) is 0 Å². The lowest BCUT2D eigenvalue weighted by Gasteiger charge is -2.11. The average Bonchev–Trinajstić information content (AvgIpc) is 2.17. The standard InChI is InChI=1S/C9H10Br2O2/c1-12-7-4-3-6(5-10)9(13-2)8(7)11/h3-4H,5H2,1-2H3. The molecule has 0 aliphatic heterocycles. The number of ether oxygens (including phenoxy) is 2. The fourth-order valence-corrected chi connectivity index (χ4v) is 2.21. The quantitative estimate of drug-likeness (QED) is 0.797. The lowest BCUT2D eigenvalue weighted by molar-refractivity contribution is 0.387. The smallest absolute Gasteiger partial charge is 0.140 e. The highest BCUT2D eigenvalue weighted by Gasteiger charge is 2.10. The number of methoxy groups -OCH3 is 2. The zero-order chi connectivity index (χ0) is 9.84. The van der Waals surface area contributed by atoms with Gasteiger partial charge in [0.2, 0.25) is 0 Å². The predicted molar refractivity (Wildman–Crippen MR) is 59.9 cm³/mol. The molecule has 0 N–H and O–H groups in total. The van der Waals surface area contributed by atoms with Gasteiger partial charge in [0.1, 0.15) is 16.0 Å². The van der Waals surface area contributed by atoms with Gasteiger partial charge in [-0.25, -0.2) is 0 Å². The SMILES string of the molecule is COc1ccc(CBr)c(OC)c1Br. The Morgan fingerprint density at radius 3 is 2.38 bits per heavy atom. The molecule has 0 radical (unpaired) electrons. The zero-order valence-corrected chi connectivity index (χ0v) is 10.6. The Morgan fingerprint density at radius 2 is 1.92 bits per heavy atom. The summed E-state index contributed by atoms with van der Waals surface area (Å²) < 4.78 is 11.3. The maximum atomic E-state index is 5.25. The Morgan fingerprint density at radius 1 is 1.23 bits per heavy atom. The first-order valence-electron chi connectivity index (χ1n) is 3.70. The number of halogens is 2. The molecular weight excluding hydrogens is 300 g/mol. The normalized spacial score (nSPS) is 9.85. The third-order valence-electron chi connectivity index (χ3n) is 1.71. The van der Waals surface area contributed by atoms with Crippen LogP contribution in [-0.4, -0.2) is 14.2 Å². The van der Waals surface area contributed by atoms with Gasteiger partial charge in [-0.3, -0.25) is 0 Å². The lowest BCUT2D eigenvalue weighted by Crippen LogP contribution is -1.93. The fraction of sp³-hybridized carbons (Fsp3) is 0.333. The highest BCUT2D eigenvalue weighted by Crippen LogP contribution is 2.37. The Bertz CT molecular complexity index is 300. The van der Waals surface area contributed by atoms with Crippen molar-refractivity contribution in [3.63, 3.8) is 0 Å². The summed E-state index contributed by atoms with van der Waals surface area (Å²) >= 11 is 6.81. The molecule has 0 heterocycles. The van der Waals surface area contributed by atoms with Crippen molar-refractivity contribution in [3.8, 4) is 11.5 Å². The summed E-state index contributed by atoms with van der Waals surface area (Å²) in [5.41, 5.74) is 1.09. The van der Waals surface area contributed by atoms with Crippen molar-refractivity contribution in [2.75, 3.05) is 14.2 Å². The average molecular weight is 310 g/mol. The van der Waals surface area contributed by atoms with Crippen molar-refractivity contribution in [1.82, 2.24) is 0 Å². The van der Waals surface area contributed by atoms with Crippen LogP contribution in [0.2, 0.25) is 0 Å². The van der Waals surface area contributed by atoms with Crippen LogP contribution in [0.1, 0.15) is 5.56 Å². The highest BCUT2D eigenvalue weighted by atomic mass is 79.9. The second-order valence-corrected chi connectivity index (χ2v) is 3.76. The molecule has 0 spiro atoms. The van der Waals surface area contributed by atoms with E-state index in [4.69, 9.17) is 9.47 Å². The van der Waals surface area contributed by atoms with Crippen molar-refractivity contribution >= 4 is 31.9 Å². The molecule has 0 aliphatic carbocycles. The first-order chi connectivity index (χ1) is 6.24. The van der Waals surface area contributed by atoms with E-state index in [1.807, 2.05) is 12.1 Å². The van der Waals surface area contributed by atoms with Crippen molar-refractivity contribution in [2.45, 2.75) is 5.33 Å². The largest absolute Gasteiger partial charge is 0.495 e. The summed E-state index contributed by atoms with van der Waals surface area (Å²) in [6.07, 6.45) is 0. The molecule has 0 unspecified atom stereocenters. The van der Waals surface area contributed by atoms with Gasteiger partial charge in [0.05, 0.1) is 14.2 Å². The van der Waals surface area contributed by atoms with Gasteiger partial charge in [0.25, 0.3) is 0 Å². The van der Waals surface area contributed by atoms with E-state index >= 15 is 0 Å². The van der Waals surface area contributed by atoms with Crippen LogP contribution in [-0.2, 0) is 5.33 Å². The molecule has 2 nitrogen and oxygen atoms in total. The van der Waals surface area contributed by atoms with Gasteiger partial charge in [0, 0.05) is 10.9 Å². The molecule has 0 aromatic heterocycles. The molecule has 0 aliphatic rings. The van der Waals surface area contributed by atoms with Crippen molar-refractivity contribution in [3.05, 3.63) is 22.2 Å². The molecule has 0 amide bonds. The van der Waals surface area contributed by atoms with Crippen LogP contribution in [0.25, 0.3) is 0 Å². The van der Waals surface area contributed by atoms with Gasteiger partial charge in [-0.1, -0.05) is 22.0 Å². The maximum Gasteiger partial charge on any atom is 0.140 e. The van der Waals surface area contributed by atoms with Crippen molar-refractivity contribution < 1.29 is 9.47 Å². The van der Waals surface area contributed by atoms with E-state index in [9.17, 15) is 0 Å². The molecule has 4 heteroatoms. The van der Waals surface area contributed by atoms with Crippen LogP contribution >= 0.6 is 31.9 Å². The topological polar surface area (TPSA) is 18.5 Å². The molecule has 1 aromatic rings. The van der Waals surface area contributed by atoms with E-state index in [1.165, 1.54) is 0 Å². The van der Waals surface area contributed by atoms with Crippen LogP contribution in [0.5, 0.6) is 11.5 Å². The van der Waals surface area contributed by atoms with E-state index in [1.54, 1.807) is 14.2 Å². The summed E-state index contributed by atoms with van der Waals surface area (Å²) in [4.78, 5) is 0. The first kappa shape index (κ1) is 10.9. The number of hydrogen-bond donors (Lipinski definition) is 0. The van der Waals surface area contributed by atoms with E-state index in [0.717, 1.165) is 26.9 Å². The third-order valence-corrected chi connectivity index (χ3v) is 3.07. The summed E-state index contributed by atoms with van der Waals surface area (Å²) in [6, 6.07) is 3.88. The molecule has 1 aromatic carbocycles. The second-order valence-electron chi connectivity index (χ2n) is 2.41. The van der Waals surface area contributed by atoms with Crippen LogP contribution in [0.4, 0.5) is 0 Å². The lowest BCUT2D eigenvalue weighted by atomic mass is 10.2. The van der Waals surface area contributed by atoms with Crippen molar-refractivity contribution in [2.24, 2.45) is 0 Å². The molecule has 0 bridgehead atoms. The van der Waals surface area contributed by atoms with Crippen LogP contribution in [0.15, 0.2) is 16.6 Å². The third kappa shape index (κ3) is 2.17. The molecule has 13 heavy (non-hydrogen) atoms. The van der Waals surface area contributed by atoms with Gasteiger partial charge >= 0.3 is 0 Å². The molecule has 0 saturated heterocycles. The zero-order valence-electron chi connectivity index (χ0n) is 7.43. The summed E-state index contributed by atoms with van der Waals surface area (Å²) in [5, 5.41) is 0.763.